The molecule has 1 atom stereocenters. The zero-order valence-corrected chi connectivity index (χ0v) is 18.6. The summed E-state index contributed by atoms with van der Waals surface area (Å²) in [5.41, 5.74) is 1.75. The number of piperidine rings is 1. The van der Waals surface area contributed by atoms with Crippen molar-refractivity contribution in [2.75, 3.05) is 18.0 Å². The minimum atomic E-state index is -0.951. The van der Waals surface area contributed by atoms with Gasteiger partial charge in [0.25, 0.3) is 0 Å². The molecule has 1 fully saturated rings. The number of para-hydroxylation sites is 1. The molecule has 3 N–H and O–H groups in total. The molecule has 2 aromatic rings. The van der Waals surface area contributed by atoms with Crippen molar-refractivity contribution in [1.82, 2.24) is 15.3 Å². The maximum atomic E-state index is 12.1. The molecular formula is C25H30N4O3. The molecule has 7 heteroatoms. The number of fused-ring (bicyclic) bond motifs is 1. The lowest BCUT2D eigenvalue weighted by molar-refractivity contribution is -0.130. The van der Waals surface area contributed by atoms with Gasteiger partial charge in [-0.05, 0) is 50.8 Å². The maximum absolute atomic E-state index is 12.1. The number of nitrogens with one attached hydrogen (secondary N) is 1. The van der Waals surface area contributed by atoms with Crippen molar-refractivity contribution >= 4 is 23.9 Å². The topological polar surface area (TPSA) is 98.6 Å². The van der Waals surface area contributed by atoms with Gasteiger partial charge in [-0.25, -0.2) is 9.97 Å². The minimum absolute atomic E-state index is 0.0393. The highest BCUT2D eigenvalue weighted by Crippen LogP contribution is 2.26. The van der Waals surface area contributed by atoms with E-state index in [1.807, 2.05) is 12.1 Å². The average Bonchev–Trinajstić information content (AvgIpc) is 2.99. The predicted octanol–water partition coefficient (Wildman–Crippen LogP) is 1.62. The van der Waals surface area contributed by atoms with E-state index in [4.69, 9.17) is 9.97 Å². The van der Waals surface area contributed by atoms with E-state index >= 15 is 0 Å². The highest BCUT2D eigenvalue weighted by atomic mass is 16.3. The van der Waals surface area contributed by atoms with Gasteiger partial charge in [0.05, 0.1) is 10.9 Å². The molecule has 0 spiro atoms. The van der Waals surface area contributed by atoms with Crippen LogP contribution in [0.4, 0.5) is 5.82 Å². The summed E-state index contributed by atoms with van der Waals surface area (Å²) in [6, 6.07) is 7.15. The van der Waals surface area contributed by atoms with Crippen LogP contribution >= 0.6 is 0 Å². The standard InChI is InChI=1S/C25H30N4O3/c1-3-21(30)25(32)26-17-11-13-29(14-12-17)24-18-9-6-7-16(2)15-20(18)27-23(28-24)19-8-4-5-10-22(19)31/h4-5,7-10,15,17,21,30-31H,3,6,11-14H2,1-2H3,(H,26,32). The SMILES string of the molecule is CCC(O)C(=O)NC1CCN(c2nc(-c3ccccc3O)nc3c2=CCC=C(C)C=3)CC1. The van der Waals surface area contributed by atoms with Gasteiger partial charge in [-0.15, -0.1) is 0 Å². The third-order valence-corrected chi connectivity index (χ3v) is 6.06. The lowest BCUT2D eigenvalue weighted by atomic mass is 10.0. The molecule has 4 rings (SSSR count). The number of hydrogen-bond donors (Lipinski definition) is 3. The van der Waals surface area contributed by atoms with Crippen molar-refractivity contribution in [3.05, 3.63) is 46.5 Å². The molecule has 1 amide bonds. The fourth-order valence-electron chi connectivity index (χ4n) is 4.16. The highest BCUT2D eigenvalue weighted by Gasteiger charge is 2.25. The Morgan fingerprint density at radius 3 is 2.69 bits per heavy atom. The van der Waals surface area contributed by atoms with E-state index < -0.39 is 6.10 Å². The maximum Gasteiger partial charge on any atom is 0.249 e. The fourth-order valence-corrected chi connectivity index (χ4v) is 4.16. The summed E-state index contributed by atoms with van der Waals surface area (Å²) < 4.78 is 0. The van der Waals surface area contributed by atoms with Crippen LogP contribution < -0.4 is 20.8 Å². The number of hydrogen-bond acceptors (Lipinski definition) is 6. The number of amides is 1. The van der Waals surface area contributed by atoms with E-state index in [1.54, 1.807) is 19.1 Å². The Balaban J connectivity index is 1.66. The van der Waals surface area contributed by atoms with Crippen molar-refractivity contribution in [3.63, 3.8) is 0 Å². The van der Waals surface area contributed by atoms with Gasteiger partial charge in [-0.2, -0.15) is 0 Å². The molecule has 2 aliphatic rings. The number of allylic oxidation sites excluding steroid dienone is 2. The molecule has 1 aromatic heterocycles. The zero-order valence-electron chi connectivity index (χ0n) is 18.6. The average molecular weight is 435 g/mol. The number of aromatic hydroxyl groups is 1. The first-order valence-corrected chi connectivity index (χ1v) is 11.2. The number of rotatable bonds is 5. The number of anilines is 1. The second-order valence-corrected chi connectivity index (χ2v) is 8.41. The van der Waals surface area contributed by atoms with Crippen molar-refractivity contribution < 1.29 is 15.0 Å². The van der Waals surface area contributed by atoms with Crippen LogP contribution in [0.2, 0.25) is 0 Å². The minimum Gasteiger partial charge on any atom is -0.507 e. The molecule has 168 valence electrons. The molecule has 1 unspecified atom stereocenters. The summed E-state index contributed by atoms with van der Waals surface area (Å²) in [5.74, 6) is 1.20. The van der Waals surface area contributed by atoms with E-state index in [0.717, 1.165) is 54.3 Å². The number of carbonyl (C=O) groups is 1. The van der Waals surface area contributed by atoms with Gasteiger partial charge >= 0.3 is 0 Å². The second-order valence-electron chi connectivity index (χ2n) is 8.41. The quantitative estimate of drug-likeness (QED) is 0.662. The summed E-state index contributed by atoms with van der Waals surface area (Å²) >= 11 is 0. The summed E-state index contributed by atoms with van der Waals surface area (Å²) in [5, 5.41) is 24.9. The molecular weight excluding hydrogens is 404 g/mol. The van der Waals surface area contributed by atoms with Crippen molar-refractivity contribution in [2.45, 2.75) is 51.7 Å². The summed E-state index contributed by atoms with van der Waals surface area (Å²) in [7, 11) is 0. The van der Waals surface area contributed by atoms with Crippen molar-refractivity contribution in [3.8, 4) is 17.1 Å². The fraction of sp³-hybridized carbons (Fsp3) is 0.400. The molecule has 32 heavy (non-hydrogen) atoms. The largest absolute Gasteiger partial charge is 0.507 e. The summed E-state index contributed by atoms with van der Waals surface area (Å²) in [4.78, 5) is 24.0. The van der Waals surface area contributed by atoms with Crippen LogP contribution in [0, 0.1) is 0 Å². The number of nitrogens with zero attached hydrogens (tertiary/aromatic N) is 3. The van der Waals surface area contributed by atoms with Gasteiger partial charge < -0.3 is 20.4 Å². The molecule has 2 heterocycles. The zero-order chi connectivity index (χ0) is 22.7. The number of phenols is 1. The molecule has 0 bridgehead atoms. The summed E-state index contributed by atoms with van der Waals surface area (Å²) in [6.07, 6.45) is 8.18. The highest BCUT2D eigenvalue weighted by molar-refractivity contribution is 5.80. The number of aliphatic hydroxyl groups is 1. The molecule has 1 aromatic carbocycles. The van der Waals surface area contributed by atoms with Crippen LogP contribution in [-0.4, -0.2) is 51.3 Å². The van der Waals surface area contributed by atoms with E-state index in [1.165, 1.54) is 0 Å². The van der Waals surface area contributed by atoms with E-state index in [-0.39, 0.29) is 17.7 Å². The van der Waals surface area contributed by atoms with Crippen LogP contribution in [0.3, 0.4) is 0 Å². The molecule has 1 aliphatic carbocycles. The molecule has 0 radical (unpaired) electrons. The Labute approximate surface area is 187 Å². The molecule has 0 saturated carbocycles. The molecule has 7 nitrogen and oxygen atoms in total. The first-order valence-electron chi connectivity index (χ1n) is 11.2. The third kappa shape index (κ3) is 4.67. The number of benzene rings is 1. The first kappa shape index (κ1) is 22.0. The number of carbonyl (C=O) groups excluding carboxylic acids is 1. The van der Waals surface area contributed by atoms with Crippen LogP contribution in [0.1, 0.15) is 39.5 Å². The van der Waals surface area contributed by atoms with Crippen molar-refractivity contribution in [1.29, 1.82) is 0 Å². The normalized spacial score (nSPS) is 17.3. The predicted molar refractivity (Wildman–Crippen MR) is 125 cm³/mol. The van der Waals surface area contributed by atoms with Crippen LogP contribution in [0.25, 0.3) is 23.5 Å². The number of aliphatic hydroxyl groups excluding tert-OH is 1. The lowest BCUT2D eigenvalue weighted by Crippen LogP contribution is -2.49. The molecule has 1 saturated heterocycles. The molecule has 1 aliphatic heterocycles. The van der Waals surface area contributed by atoms with E-state index in [0.29, 0.717) is 17.8 Å². The van der Waals surface area contributed by atoms with Crippen LogP contribution in [-0.2, 0) is 4.79 Å². The summed E-state index contributed by atoms with van der Waals surface area (Å²) in [6.45, 7) is 5.32. The van der Waals surface area contributed by atoms with Gasteiger partial charge in [0.15, 0.2) is 5.82 Å². The Hall–Kier alpha value is -3.19. The number of aromatic nitrogens is 2. The van der Waals surface area contributed by atoms with Gasteiger partial charge in [0, 0.05) is 24.4 Å². The van der Waals surface area contributed by atoms with Gasteiger partial charge in [-0.1, -0.05) is 36.8 Å². The van der Waals surface area contributed by atoms with Crippen LogP contribution in [0.5, 0.6) is 5.75 Å². The number of phenolic OH excluding ortho intramolecular Hbond substituents is 1. The van der Waals surface area contributed by atoms with E-state index in [2.05, 4.69) is 35.4 Å². The van der Waals surface area contributed by atoms with Crippen LogP contribution in [0.15, 0.2) is 35.9 Å². The van der Waals surface area contributed by atoms with Gasteiger partial charge in [0.2, 0.25) is 5.91 Å². The van der Waals surface area contributed by atoms with Gasteiger partial charge in [0.1, 0.15) is 17.7 Å². The third-order valence-electron chi connectivity index (χ3n) is 6.06. The first-order chi connectivity index (χ1) is 15.5. The van der Waals surface area contributed by atoms with Crippen molar-refractivity contribution in [2.24, 2.45) is 0 Å². The monoisotopic (exact) mass is 434 g/mol. The smallest absolute Gasteiger partial charge is 0.249 e. The Morgan fingerprint density at radius 2 is 1.97 bits per heavy atom. The Bertz CT molecular complexity index is 1150. The van der Waals surface area contributed by atoms with Gasteiger partial charge in [-0.3, -0.25) is 4.79 Å². The Kier molecular flexibility index (Phi) is 6.55. The second kappa shape index (κ2) is 9.53. The van der Waals surface area contributed by atoms with E-state index in [9.17, 15) is 15.0 Å². The Morgan fingerprint density at radius 1 is 1.22 bits per heavy atom. The lowest BCUT2D eigenvalue weighted by Gasteiger charge is -2.34.